The number of halogens is 1. The molecule has 0 fully saturated rings. The van der Waals surface area contributed by atoms with E-state index in [9.17, 15) is 7.35 Å². The molecule has 0 aliphatic carbocycles. The molecule has 2 nitrogen and oxygen atoms in total. The zero-order valence-electron chi connectivity index (χ0n) is 3.63. The third-order valence-corrected chi connectivity index (χ3v) is 2.00. The van der Waals surface area contributed by atoms with Gasteiger partial charge in [0.15, 0.2) is 0 Å². The molecule has 0 saturated heterocycles. The SMILES string of the molecule is C=C[CH2][V](=[O])(=[O])[Cl]. The summed E-state index contributed by atoms with van der Waals surface area (Å²) in [6, 6.07) is 0. The molecule has 0 rings (SSSR count). The summed E-state index contributed by atoms with van der Waals surface area (Å²) in [4.78, 5) is 0. The summed E-state index contributed by atoms with van der Waals surface area (Å²) in [5.74, 6) is 0. The van der Waals surface area contributed by atoms with Crippen LogP contribution in [0.5, 0.6) is 0 Å². The molecule has 0 amide bonds. The van der Waals surface area contributed by atoms with Crippen molar-refractivity contribution >= 4 is 9.85 Å². The summed E-state index contributed by atoms with van der Waals surface area (Å²) in [6.45, 7) is 3.20. The van der Waals surface area contributed by atoms with Crippen molar-refractivity contribution in [2.45, 2.75) is 5.13 Å². The average Bonchev–Trinajstić information content (AvgIpc) is 1.30. The van der Waals surface area contributed by atoms with Gasteiger partial charge in [-0.05, 0) is 0 Å². The van der Waals surface area contributed by atoms with E-state index in [2.05, 4.69) is 6.58 Å². The zero-order chi connectivity index (χ0) is 5.91. The Balaban J connectivity index is 3.84. The van der Waals surface area contributed by atoms with E-state index in [-0.39, 0.29) is 5.13 Å². The van der Waals surface area contributed by atoms with Crippen LogP contribution < -0.4 is 0 Å². The Labute approximate surface area is 48.4 Å². The molecule has 0 N–H and O–H groups in total. The molecular weight excluding hydrogens is 154 g/mol. The fourth-order valence-electron chi connectivity index (χ4n) is 0.154. The first-order chi connectivity index (χ1) is 3.06. The molecule has 0 spiro atoms. The van der Waals surface area contributed by atoms with Gasteiger partial charge in [-0.15, -0.1) is 0 Å². The normalized spacial score (nSPS) is 11.0. The fraction of sp³-hybridized carbons (Fsp3) is 0.333. The molecule has 7 heavy (non-hydrogen) atoms. The van der Waals surface area contributed by atoms with Gasteiger partial charge in [-0.1, -0.05) is 0 Å². The summed E-state index contributed by atoms with van der Waals surface area (Å²) in [5.41, 5.74) is 0. The van der Waals surface area contributed by atoms with Crippen LogP contribution in [0.1, 0.15) is 0 Å². The molecule has 0 aliphatic rings. The van der Waals surface area contributed by atoms with E-state index in [1.165, 1.54) is 6.08 Å². The van der Waals surface area contributed by atoms with Crippen molar-refractivity contribution in [1.82, 2.24) is 0 Å². The Morgan fingerprint density at radius 1 is 1.71 bits per heavy atom. The van der Waals surface area contributed by atoms with Gasteiger partial charge >= 0.3 is 47.9 Å². The van der Waals surface area contributed by atoms with Gasteiger partial charge in [-0.2, -0.15) is 0 Å². The van der Waals surface area contributed by atoms with E-state index < -0.39 is 13.0 Å². The Bertz CT molecular complexity index is 146. The molecule has 0 saturated carbocycles. The van der Waals surface area contributed by atoms with Crippen LogP contribution in [0, 0.1) is 0 Å². The van der Waals surface area contributed by atoms with Crippen LogP contribution in [0.4, 0.5) is 0 Å². The second kappa shape index (κ2) is 2.50. The van der Waals surface area contributed by atoms with Gasteiger partial charge in [0.2, 0.25) is 0 Å². The Morgan fingerprint density at radius 2 is 2.14 bits per heavy atom. The molecule has 0 aromatic heterocycles. The molecule has 0 atom stereocenters. The second-order valence-electron chi connectivity index (χ2n) is 1.06. The van der Waals surface area contributed by atoms with E-state index >= 15 is 0 Å². The summed E-state index contributed by atoms with van der Waals surface area (Å²) in [7, 11) is 4.82. The quantitative estimate of drug-likeness (QED) is 0.574. The molecule has 0 radical (unpaired) electrons. The van der Waals surface area contributed by atoms with Crippen LogP contribution in [0.15, 0.2) is 12.7 Å². The first-order valence-corrected chi connectivity index (χ1v) is 5.72. The molecule has 0 heterocycles. The third-order valence-electron chi connectivity index (χ3n) is 0.347. The van der Waals surface area contributed by atoms with Gasteiger partial charge in [-0.3, -0.25) is 0 Å². The van der Waals surface area contributed by atoms with Crippen LogP contribution in [-0.2, 0) is 20.3 Å². The minimum atomic E-state index is -4.09. The molecular formula is C3H5ClO2V. The van der Waals surface area contributed by atoms with Gasteiger partial charge in [0.1, 0.15) is 0 Å². The van der Waals surface area contributed by atoms with Crippen LogP contribution in [0.2, 0.25) is 5.13 Å². The molecule has 0 bridgehead atoms. The van der Waals surface area contributed by atoms with Crippen LogP contribution in [-0.4, -0.2) is 0 Å². The van der Waals surface area contributed by atoms with E-state index in [0.29, 0.717) is 0 Å². The topological polar surface area (TPSA) is 34.1 Å². The number of allylic oxidation sites excluding steroid dienone is 1. The van der Waals surface area contributed by atoms with E-state index in [4.69, 9.17) is 9.85 Å². The van der Waals surface area contributed by atoms with Gasteiger partial charge in [0, 0.05) is 0 Å². The first-order valence-electron chi connectivity index (χ1n) is 1.67. The van der Waals surface area contributed by atoms with E-state index in [1.807, 2.05) is 0 Å². The van der Waals surface area contributed by atoms with Crippen molar-refractivity contribution in [3.63, 3.8) is 0 Å². The Kier molecular flexibility index (Phi) is 2.58. The van der Waals surface area contributed by atoms with Crippen molar-refractivity contribution in [2.24, 2.45) is 0 Å². The zero-order valence-corrected chi connectivity index (χ0v) is 5.79. The third kappa shape index (κ3) is 6.21. The second-order valence-corrected chi connectivity index (χ2v) is 5.60. The van der Waals surface area contributed by atoms with Crippen molar-refractivity contribution in [1.29, 1.82) is 0 Å². The van der Waals surface area contributed by atoms with Crippen molar-refractivity contribution in [3.8, 4) is 0 Å². The van der Waals surface area contributed by atoms with E-state index in [0.717, 1.165) is 0 Å². The average molecular weight is 159 g/mol. The Morgan fingerprint density at radius 3 is 2.14 bits per heavy atom. The molecule has 0 aromatic rings. The van der Waals surface area contributed by atoms with E-state index in [1.54, 1.807) is 0 Å². The maximum atomic E-state index is 10.0. The fourth-order valence-corrected chi connectivity index (χ4v) is 1.04. The minimum absolute atomic E-state index is 0.0696. The number of hydrogen-bond donors (Lipinski definition) is 0. The Hall–Kier alpha value is 0.214. The van der Waals surface area contributed by atoms with Gasteiger partial charge in [0.25, 0.3) is 0 Å². The maximum absolute atomic E-state index is 10.0. The van der Waals surface area contributed by atoms with Gasteiger partial charge in [0.05, 0.1) is 0 Å². The van der Waals surface area contributed by atoms with Gasteiger partial charge < -0.3 is 0 Å². The summed E-state index contributed by atoms with van der Waals surface area (Å²) in [6.07, 6.45) is 1.28. The number of hydrogen-bond acceptors (Lipinski definition) is 2. The van der Waals surface area contributed by atoms with Crippen LogP contribution in [0.3, 0.4) is 0 Å². The first kappa shape index (κ1) is 7.21. The number of rotatable bonds is 2. The van der Waals surface area contributed by atoms with Crippen LogP contribution >= 0.6 is 9.85 Å². The molecule has 0 aliphatic heterocycles. The standard InChI is InChI=1S/C3H5.ClH.2O.V/c1-3-2;;;;/h3H,1-2H2;1H;;;/q;;;;+1/p-1. The summed E-state index contributed by atoms with van der Waals surface area (Å²) >= 11 is -4.09. The molecule has 0 unspecified atom stereocenters. The molecule has 0 aromatic carbocycles. The predicted molar refractivity (Wildman–Crippen MR) is 22.2 cm³/mol. The predicted octanol–water partition coefficient (Wildman–Crippen LogP) is 1.59. The summed E-state index contributed by atoms with van der Waals surface area (Å²) < 4.78 is 20.0. The van der Waals surface area contributed by atoms with Gasteiger partial charge in [-0.25, -0.2) is 0 Å². The van der Waals surface area contributed by atoms with Crippen molar-refractivity contribution in [2.75, 3.05) is 0 Å². The van der Waals surface area contributed by atoms with Crippen molar-refractivity contribution < 1.29 is 20.3 Å². The monoisotopic (exact) mass is 159 g/mol. The van der Waals surface area contributed by atoms with Crippen LogP contribution in [0.25, 0.3) is 0 Å². The molecule has 41 valence electrons. The van der Waals surface area contributed by atoms with Crippen molar-refractivity contribution in [3.05, 3.63) is 12.7 Å². The molecule has 4 heteroatoms. The summed E-state index contributed by atoms with van der Waals surface area (Å²) in [5, 5.41) is -0.0696.